The van der Waals surface area contributed by atoms with Crippen LogP contribution in [-0.2, 0) is 6.42 Å². The molecule has 3 heteroatoms. The Kier molecular flexibility index (Phi) is 1.57. The number of hydrogen-bond donors (Lipinski definition) is 1. The first-order chi connectivity index (χ1) is 5.77. The van der Waals surface area contributed by atoms with Crippen LogP contribution >= 0.6 is 0 Å². The van der Waals surface area contributed by atoms with Crippen LogP contribution < -0.4 is 0 Å². The molecule has 62 valence electrons. The summed E-state index contributed by atoms with van der Waals surface area (Å²) in [6.07, 6.45) is 2.26. The zero-order valence-electron chi connectivity index (χ0n) is 6.58. The lowest BCUT2D eigenvalue weighted by Gasteiger charge is -2.12. The van der Waals surface area contributed by atoms with Gasteiger partial charge in [-0.25, -0.2) is 4.98 Å². The minimum atomic E-state index is 0.00319. The fourth-order valence-corrected chi connectivity index (χ4v) is 1.49. The lowest BCUT2D eigenvalue weighted by atomic mass is 9.95. The maximum absolute atomic E-state index is 11.3. The van der Waals surface area contributed by atoms with Crippen molar-refractivity contribution < 1.29 is 9.90 Å². The van der Waals surface area contributed by atoms with Crippen molar-refractivity contribution in [3.8, 4) is 5.88 Å². The molecule has 0 unspecified atom stereocenters. The van der Waals surface area contributed by atoms with Gasteiger partial charge in [0.15, 0.2) is 5.78 Å². The van der Waals surface area contributed by atoms with Crippen LogP contribution in [0.3, 0.4) is 0 Å². The maximum Gasteiger partial charge on any atom is 0.210 e. The van der Waals surface area contributed by atoms with Crippen LogP contribution in [0.2, 0.25) is 0 Å². The molecule has 0 bridgehead atoms. The average molecular weight is 163 g/mol. The van der Waals surface area contributed by atoms with Gasteiger partial charge in [-0.15, -0.1) is 0 Å². The van der Waals surface area contributed by atoms with Gasteiger partial charge in [0.1, 0.15) is 0 Å². The van der Waals surface area contributed by atoms with Gasteiger partial charge in [0.25, 0.3) is 0 Å². The molecule has 1 aliphatic rings. The number of hydrogen-bond acceptors (Lipinski definition) is 3. The summed E-state index contributed by atoms with van der Waals surface area (Å²) in [5.41, 5.74) is 1.42. The highest BCUT2D eigenvalue weighted by atomic mass is 16.3. The van der Waals surface area contributed by atoms with E-state index in [1.54, 1.807) is 6.07 Å². The normalized spacial score (nSPS) is 15.8. The quantitative estimate of drug-likeness (QED) is 0.627. The Hall–Kier alpha value is -1.38. The summed E-state index contributed by atoms with van der Waals surface area (Å²) >= 11 is 0. The van der Waals surface area contributed by atoms with Crippen LogP contribution in [-0.4, -0.2) is 15.9 Å². The molecule has 0 aromatic carbocycles. The van der Waals surface area contributed by atoms with Crippen LogP contribution in [0.4, 0.5) is 0 Å². The van der Waals surface area contributed by atoms with E-state index >= 15 is 0 Å². The molecule has 0 aliphatic heterocycles. The molecule has 0 saturated carbocycles. The number of Topliss-reactive ketones (excluding diaryl/α,β-unsaturated/α-hetero) is 1. The third-order valence-corrected chi connectivity index (χ3v) is 2.08. The molecule has 1 aromatic heterocycles. The molecule has 0 spiro atoms. The van der Waals surface area contributed by atoms with E-state index in [0.717, 1.165) is 18.5 Å². The summed E-state index contributed by atoms with van der Waals surface area (Å²) < 4.78 is 0. The molecular formula is C9H9NO2. The minimum absolute atomic E-state index is 0.00319. The Morgan fingerprint density at radius 2 is 2.17 bits per heavy atom. The van der Waals surface area contributed by atoms with Crippen LogP contribution in [0.5, 0.6) is 5.88 Å². The first kappa shape index (κ1) is 7.28. The average Bonchev–Trinajstić information content (AvgIpc) is 2.04. The SMILES string of the molecule is O=C1CCCc2nc(O)ccc21. The summed E-state index contributed by atoms with van der Waals surface area (Å²) in [5.74, 6) is 0.146. The van der Waals surface area contributed by atoms with Gasteiger partial charge in [-0.05, 0) is 18.9 Å². The first-order valence-corrected chi connectivity index (χ1v) is 3.99. The van der Waals surface area contributed by atoms with Gasteiger partial charge in [0.2, 0.25) is 5.88 Å². The Morgan fingerprint density at radius 3 is 3.00 bits per heavy atom. The van der Waals surface area contributed by atoms with Gasteiger partial charge in [-0.2, -0.15) is 0 Å². The minimum Gasteiger partial charge on any atom is -0.493 e. The molecule has 0 fully saturated rings. The summed E-state index contributed by atoms with van der Waals surface area (Å²) in [5, 5.41) is 9.05. The zero-order chi connectivity index (χ0) is 8.55. The Morgan fingerprint density at radius 1 is 1.33 bits per heavy atom. The van der Waals surface area contributed by atoms with Gasteiger partial charge in [-0.3, -0.25) is 4.79 Å². The second kappa shape index (κ2) is 2.59. The van der Waals surface area contributed by atoms with Crippen LogP contribution in [0.25, 0.3) is 0 Å². The molecule has 0 radical (unpaired) electrons. The highest BCUT2D eigenvalue weighted by molar-refractivity contribution is 5.98. The van der Waals surface area contributed by atoms with Crippen molar-refractivity contribution in [1.29, 1.82) is 0 Å². The number of fused-ring (bicyclic) bond motifs is 1. The van der Waals surface area contributed by atoms with Gasteiger partial charge >= 0.3 is 0 Å². The largest absolute Gasteiger partial charge is 0.493 e. The molecule has 3 nitrogen and oxygen atoms in total. The molecule has 1 aliphatic carbocycles. The van der Waals surface area contributed by atoms with E-state index < -0.39 is 0 Å². The van der Waals surface area contributed by atoms with E-state index in [2.05, 4.69) is 4.98 Å². The lowest BCUT2D eigenvalue weighted by Crippen LogP contribution is -2.11. The van der Waals surface area contributed by atoms with Gasteiger partial charge in [0, 0.05) is 18.1 Å². The molecule has 1 aromatic rings. The van der Waals surface area contributed by atoms with Crippen molar-refractivity contribution in [1.82, 2.24) is 4.98 Å². The number of carbonyl (C=O) groups excluding carboxylic acids is 1. The molecule has 1 N–H and O–H groups in total. The number of pyridine rings is 1. The van der Waals surface area contributed by atoms with Gasteiger partial charge in [-0.1, -0.05) is 0 Å². The fraction of sp³-hybridized carbons (Fsp3) is 0.333. The van der Waals surface area contributed by atoms with Crippen molar-refractivity contribution in [2.45, 2.75) is 19.3 Å². The summed E-state index contributed by atoms with van der Waals surface area (Å²) in [6, 6.07) is 3.11. The highest BCUT2D eigenvalue weighted by Gasteiger charge is 2.17. The second-order valence-electron chi connectivity index (χ2n) is 2.94. The molecule has 0 saturated heterocycles. The molecule has 0 amide bonds. The van der Waals surface area contributed by atoms with Gasteiger partial charge in [0.05, 0.1) is 5.69 Å². The monoisotopic (exact) mass is 163 g/mol. The number of aromatic hydroxyl groups is 1. The standard InChI is InChI=1S/C9H9NO2/c11-8-3-1-2-7-6(8)4-5-9(12)10-7/h4-5H,1-3H2,(H,10,12). The second-order valence-corrected chi connectivity index (χ2v) is 2.94. The number of aryl methyl sites for hydroxylation is 1. The first-order valence-electron chi connectivity index (χ1n) is 3.99. The number of nitrogens with zero attached hydrogens (tertiary/aromatic N) is 1. The molecule has 2 rings (SSSR count). The van der Waals surface area contributed by atoms with E-state index in [9.17, 15) is 4.79 Å². The number of aromatic nitrogens is 1. The third kappa shape index (κ3) is 1.07. The third-order valence-electron chi connectivity index (χ3n) is 2.08. The van der Waals surface area contributed by atoms with E-state index in [4.69, 9.17) is 5.11 Å². The van der Waals surface area contributed by atoms with Crippen molar-refractivity contribution >= 4 is 5.78 Å². The summed E-state index contributed by atoms with van der Waals surface area (Å²) in [6.45, 7) is 0. The smallest absolute Gasteiger partial charge is 0.210 e. The summed E-state index contributed by atoms with van der Waals surface area (Å²) in [7, 11) is 0. The molecule has 12 heavy (non-hydrogen) atoms. The lowest BCUT2D eigenvalue weighted by molar-refractivity contribution is 0.0971. The van der Waals surface area contributed by atoms with E-state index in [1.807, 2.05) is 0 Å². The Labute approximate surface area is 70.1 Å². The molecule has 0 atom stereocenters. The predicted molar refractivity (Wildman–Crippen MR) is 43.2 cm³/mol. The topological polar surface area (TPSA) is 50.2 Å². The number of rotatable bonds is 0. The van der Waals surface area contributed by atoms with Crippen molar-refractivity contribution in [2.75, 3.05) is 0 Å². The van der Waals surface area contributed by atoms with E-state index in [1.165, 1.54) is 6.07 Å². The van der Waals surface area contributed by atoms with Crippen molar-refractivity contribution in [2.24, 2.45) is 0 Å². The maximum atomic E-state index is 11.3. The highest BCUT2D eigenvalue weighted by Crippen LogP contribution is 2.21. The zero-order valence-corrected chi connectivity index (χ0v) is 6.58. The Bertz CT molecular complexity index is 333. The van der Waals surface area contributed by atoms with Crippen LogP contribution in [0, 0.1) is 0 Å². The van der Waals surface area contributed by atoms with Crippen LogP contribution in [0.15, 0.2) is 12.1 Å². The van der Waals surface area contributed by atoms with Crippen molar-refractivity contribution in [3.05, 3.63) is 23.4 Å². The van der Waals surface area contributed by atoms with Crippen molar-refractivity contribution in [3.63, 3.8) is 0 Å². The predicted octanol–water partition coefficient (Wildman–Crippen LogP) is 1.31. The summed E-state index contributed by atoms with van der Waals surface area (Å²) in [4.78, 5) is 15.2. The molecular weight excluding hydrogens is 154 g/mol. The molecule has 1 heterocycles. The van der Waals surface area contributed by atoms with Crippen LogP contribution in [0.1, 0.15) is 28.9 Å². The number of carbonyl (C=O) groups is 1. The Balaban J connectivity index is 2.53. The van der Waals surface area contributed by atoms with E-state index in [0.29, 0.717) is 12.0 Å². The van der Waals surface area contributed by atoms with Gasteiger partial charge < -0.3 is 5.11 Å². The fourth-order valence-electron chi connectivity index (χ4n) is 1.49. The number of ketones is 1. The van der Waals surface area contributed by atoms with E-state index in [-0.39, 0.29) is 11.7 Å².